The van der Waals surface area contributed by atoms with Crippen LogP contribution in [-0.4, -0.2) is 16.9 Å². The molecule has 1 unspecified atom stereocenters. The van der Waals surface area contributed by atoms with Gasteiger partial charge in [-0.3, -0.25) is 4.79 Å². The van der Waals surface area contributed by atoms with E-state index in [0.29, 0.717) is 12.2 Å². The van der Waals surface area contributed by atoms with Crippen molar-refractivity contribution in [1.29, 1.82) is 0 Å². The summed E-state index contributed by atoms with van der Waals surface area (Å²) in [7, 11) is 0. The topological polar surface area (TPSA) is 68.0 Å². The lowest BCUT2D eigenvalue weighted by Crippen LogP contribution is -2.24. The van der Waals surface area contributed by atoms with Gasteiger partial charge in [-0.15, -0.1) is 0 Å². The van der Waals surface area contributed by atoms with Gasteiger partial charge in [-0.05, 0) is 25.5 Å². The number of hydrogen-bond donors (Lipinski definition) is 2. The van der Waals surface area contributed by atoms with E-state index in [4.69, 9.17) is 5.73 Å². The summed E-state index contributed by atoms with van der Waals surface area (Å²) in [5.74, 6) is 0.470. The maximum atomic E-state index is 11.3. The zero-order valence-electron chi connectivity index (χ0n) is 8.45. The van der Waals surface area contributed by atoms with E-state index in [1.165, 1.54) is 0 Å². The van der Waals surface area contributed by atoms with Crippen LogP contribution in [0.25, 0.3) is 0 Å². The molecule has 1 rings (SSSR count). The second kappa shape index (κ2) is 4.72. The second-order valence-electron chi connectivity index (χ2n) is 3.45. The Bertz CT molecular complexity index is 306. The molecule has 0 saturated heterocycles. The average molecular weight is 193 g/mol. The lowest BCUT2D eigenvalue weighted by molar-refractivity contribution is -0.116. The first-order valence-electron chi connectivity index (χ1n) is 4.56. The third kappa shape index (κ3) is 3.53. The molecule has 0 aliphatic carbocycles. The van der Waals surface area contributed by atoms with Gasteiger partial charge in [0.25, 0.3) is 0 Å². The smallest absolute Gasteiger partial charge is 0.227 e. The highest BCUT2D eigenvalue weighted by Crippen LogP contribution is 2.04. The average Bonchev–Trinajstić information content (AvgIpc) is 2.07. The predicted molar refractivity (Wildman–Crippen MR) is 55.9 cm³/mol. The normalized spacial score (nSPS) is 12.2. The molecule has 4 nitrogen and oxygen atoms in total. The minimum atomic E-state index is -0.125. The molecule has 1 aromatic rings. The van der Waals surface area contributed by atoms with Crippen LogP contribution in [0.15, 0.2) is 18.3 Å². The Hall–Kier alpha value is -1.42. The Morgan fingerprint density at radius 1 is 1.64 bits per heavy atom. The number of nitrogens with two attached hydrogens (primary N) is 1. The maximum Gasteiger partial charge on any atom is 0.227 e. The number of amides is 1. The molecule has 1 atom stereocenters. The molecule has 0 aliphatic rings. The fourth-order valence-corrected chi connectivity index (χ4v) is 1.03. The van der Waals surface area contributed by atoms with Gasteiger partial charge in [0, 0.05) is 18.7 Å². The lowest BCUT2D eigenvalue weighted by Gasteiger charge is -2.06. The zero-order valence-corrected chi connectivity index (χ0v) is 8.45. The first kappa shape index (κ1) is 10.7. The van der Waals surface area contributed by atoms with Crippen molar-refractivity contribution in [3.63, 3.8) is 0 Å². The van der Waals surface area contributed by atoms with E-state index in [0.717, 1.165) is 5.56 Å². The monoisotopic (exact) mass is 193 g/mol. The molecule has 0 spiro atoms. The number of anilines is 1. The minimum absolute atomic E-state index is 0.101. The van der Waals surface area contributed by atoms with Crippen molar-refractivity contribution in [1.82, 2.24) is 4.98 Å². The van der Waals surface area contributed by atoms with E-state index in [9.17, 15) is 4.79 Å². The van der Waals surface area contributed by atoms with E-state index in [1.54, 1.807) is 19.2 Å². The van der Waals surface area contributed by atoms with Gasteiger partial charge < -0.3 is 11.1 Å². The van der Waals surface area contributed by atoms with E-state index in [2.05, 4.69) is 10.3 Å². The largest absolute Gasteiger partial charge is 0.327 e. The Kier molecular flexibility index (Phi) is 3.59. The van der Waals surface area contributed by atoms with Crippen LogP contribution in [0.2, 0.25) is 0 Å². The summed E-state index contributed by atoms with van der Waals surface area (Å²) in [5.41, 5.74) is 6.55. The second-order valence-corrected chi connectivity index (χ2v) is 3.45. The number of carbonyl (C=O) groups excluding carboxylic acids is 1. The molecular weight excluding hydrogens is 178 g/mol. The number of hydrogen-bond acceptors (Lipinski definition) is 3. The van der Waals surface area contributed by atoms with Crippen molar-refractivity contribution in [3.8, 4) is 0 Å². The molecule has 1 heterocycles. The summed E-state index contributed by atoms with van der Waals surface area (Å²) in [4.78, 5) is 15.3. The van der Waals surface area contributed by atoms with Crippen LogP contribution in [-0.2, 0) is 4.79 Å². The van der Waals surface area contributed by atoms with Crippen LogP contribution in [0.5, 0.6) is 0 Å². The van der Waals surface area contributed by atoms with Gasteiger partial charge in [-0.2, -0.15) is 0 Å². The summed E-state index contributed by atoms with van der Waals surface area (Å²) in [6.07, 6.45) is 2.02. The highest BCUT2D eigenvalue weighted by molar-refractivity contribution is 5.90. The molecule has 0 fully saturated rings. The number of pyridine rings is 1. The van der Waals surface area contributed by atoms with E-state index < -0.39 is 0 Å². The fraction of sp³-hybridized carbons (Fsp3) is 0.400. The molecule has 1 amide bonds. The van der Waals surface area contributed by atoms with Gasteiger partial charge in [-0.25, -0.2) is 4.98 Å². The van der Waals surface area contributed by atoms with Gasteiger partial charge in [0.1, 0.15) is 5.82 Å². The molecule has 76 valence electrons. The molecule has 1 aromatic heterocycles. The van der Waals surface area contributed by atoms with Crippen molar-refractivity contribution in [2.75, 3.05) is 5.32 Å². The molecule has 0 saturated carbocycles. The molecular formula is C10H15N3O. The Balaban J connectivity index is 2.52. The maximum absolute atomic E-state index is 11.3. The van der Waals surface area contributed by atoms with Crippen LogP contribution in [0.3, 0.4) is 0 Å². The number of aryl methyl sites for hydroxylation is 1. The molecule has 0 bridgehead atoms. The van der Waals surface area contributed by atoms with Crippen molar-refractivity contribution >= 4 is 11.7 Å². The van der Waals surface area contributed by atoms with Gasteiger partial charge in [0.2, 0.25) is 5.91 Å². The summed E-state index contributed by atoms with van der Waals surface area (Å²) in [5, 5.41) is 2.67. The summed E-state index contributed by atoms with van der Waals surface area (Å²) in [6, 6.07) is 3.54. The zero-order chi connectivity index (χ0) is 10.6. The molecule has 3 N–H and O–H groups in total. The Morgan fingerprint density at radius 3 is 2.86 bits per heavy atom. The van der Waals surface area contributed by atoms with Crippen LogP contribution < -0.4 is 11.1 Å². The minimum Gasteiger partial charge on any atom is -0.327 e. The highest BCUT2D eigenvalue weighted by atomic mass is 16.1. The van der Waals surface area contributed by atoms with Crippen molar-refractivity contribution in [2.24, 2.45) is 5.73 Å². The first-order chi connectivity index (χ1) is 6.58. The molecule has 0 radical (unpaired) electrons. The Labute approximate surface area is 83.5 Å². The number of nitrogens with zero attached hydrogens (tertiary/aromatic N) is 1. The van der Waals surface area contributed by atoms with Gasteiger partial charge >= 0.3 is 0 Å². The first-order valence-corrected chi connectivity index (χ1v) is 4.56. The van der Waals surface area contributed by atoms with Crippen molar-refractivity contribution in [2.45, 2.75) is 26.3 Å². The van der Waals surface area contributed by atoms with Gasteiger partial charge in [0.15, 0.2) is 0 Å². The predicted octanol–water partition coefficient (Wildman–Crippen LogP) is 1.07. The summed E-state index contributed by atoms with van der Waals surface area (Å²) < 4.78 is 0. The SMILES string of the molecule is Cc1ccc(NC(=O)CC(C)N)nc1. The lowest BCUT2D eigenvalue weighted by atomic mass is 10.2. The summed E-state index contributed by atoms with van der Waals surface area (Å²) >= 11 is 0. The standard InChI is InChI=1S/C10H15N3O/c1-7-3-4-9(12-6-7)13-10(14)5-8(2)11/h3-4,6,8H,5,11H2,1-2H3,(H,12,13,14). The fourth-order valence-electron chi connectivity index (χ4n) is 1.03. The number of aromatic nitrogens is 1. The van der Waals surface area contributed by atoms with Crippen LogP contribution in [0, 0.1) is 6.92 Å². The van der Waals surface area contributed by atoms with Crippen LogP contribution in [0.1, 0.15) is 18.9 Å². The number of carbonyl (C=O) groups is 1. The van der Waals surface area contributed by atoms with Gasteiger partial charge in [-0.1, -0.05) is 6.07 Å². The molecule has 14 heavy (non-hydrogen) atoms. The van der Waals surface area contributed by atoms with Crippen LogP contribution in [0.4, 0.5) is 5.82 Å². The van der Waals surface area contributed by atoms with Crippen LogP contribution >= 0.6 is 0 Å². The third-order valence-corrected chi connectivity index (χ3v) is 1.69. The molecule has 4 heteroatoms. The Morgan fingerprint density at radius 2 is 2.36 bits per heavy atom. The molecule has 0 aromatic carbocycles. The van der Waals surface area contributed by atoms with E-state index in [-0.39, 0.29) is 11.9 Å². The van der Waals surface area contributed by atoms with E-state index in [1.807, 2.05) is 13.0 Å². The third-order valence-electron chi connectivity index (χ3n) is 1.69. The van der Waals surface area contributed by atoms with E-state index >= 15 is 0 Å². The van der Waals surface area contributed by atoms with Crippen molar-refractivity contribution in [3.05, 3.63) is 23.9 Å². The summed E-state index contributed by atoms with van der Waals surface area (Å²) in [6.45, 7) is 3.74. The highest BCUT2D eigenvalue weighted by Gasteiger charge is 2.05. The quantitative estimate of drug-likeness (QED) is 0.754. The number of rotatable bonds is 3. The number of nitrogens with one attached hydrogen (secondary N) is 1. The molecule has 0 aliphatic heterocycles. The van der Waals surface area contributed by atoms with Gasteiger partial charge in [0.05, 0.1) is 0 Å². The van der Waals surface area contributed by atoms with Crippen molar-refractivity contribution < 1.29 is 4.79 Å².